The van der Waals surface area contributed by atoms with E-state index in [4.69, 9.17) is 5.73 Å². The molecular weight excluding hydrogens is 241 g/mol. The van der Waals surface area contributed by atoms with Crippen LogP contribution in [-0.2, 0) is 12.6 Å². The Hall–Kier alpha value is -0.810. The molecule has 6 heteroatoms. The minimum absolute atomic E-state index is 0. The van der Waals surface area contributed by atoms with Gasteiger partial charge in [0.15, 0.2) is 0 Å². The van der Waals surface area contributed by atoms with Gasteiger partial charge >= 0.3 is 6.18 Å². The van der Waals surface area contributed by atoms with Crippen molar-refractivity contribution in [3.63, 3.8) is 0 Å². The van der Waals surface area contributed by atoms with E-state index in [1.54, 1.807) is 6.07 Å². The van der Waals surface area contributed by atoms with E-state index in [1.807, 2.05) is 0 Å². The lowest BCUT2D eigenvalue weighted by Crippen LogP contribution is -2.09. The Bertz CT molecular complexity index is 315. The van der Waals surface area contributed by atoms with Gasteiger partial charge < -0.3 is 5.73 Å². The summed E-state index contributed by atoms with van der Waals surface area (Å²) >= 11 is 0. The third-order valence-electron chi connectivity index (χ3n) is 1.98. The lowest BCUT2D eigenvalue weighted by atomic mass is 10.1. The van der Waals surface area contributed by atoms with Crippen LogP contribution in [0.3, 0.4) is 0 Å². The van der Waals surface area contributed by atoms with E-state index in [0.29, 0.717) is 18.7 Å². The van der Waals surface area contributed by atoms with E-state index in [1.165, 1.54) is 6.07 Å². The smallest absolute Gasteiger partial charge is 0.330 e. The molecule has 0 amide bonds. The molecule has 0 radical (unpaired) electrons. The number of halogens is 4. The maximum absolute atomic E-state index is 12.3. The lowest BCUT2D eigenvalue weighted by molar-refractivity contribution is -0.141. The van der Waals surface area contributed by atoms with Crippen LogP contribution in [0.25, 0.3) is 0 Å². The summed E-state index contributed by atoms with van der Waals surface area (Å²) in [5.74, 6) is 0. The summed E-state index contributed by atoms with van der Waals surface area (Å²) in [6.45, 7) is 0.555. The molecule has 0 aromatic carbocycles. The van der Waals surface area contributed by atoms with Gasteiger partial charge in [-0.2, -0.15) is 13.2 Å². The van der Waals surface area contributed by atoms with Crippen LogP contribution in [-0.4, -0.2) is 11.5 Å². The molecule has 1 heterocycles. The first-order valence-corrected chi connectivity index (χ1v) is 4.77. The zero-order valence-electron chi connectivity index (χ0n) is 8.63. The zero-order valence-corrected chi connectivity index (χ0v) is 9.44. The van der Waals surface area contributed by atoms with Crippen molar-refractivity contribution in [1.29, 1.82) is 0 Å². The summed E-state index contributed by atoms with van der Waals surface area (Å²) in [5.41, 5.74) is 4.94. The van der Waals surface area contributed by atoms with Crippen LogP contribution in [0.1, 0.15) is 24.2 Å². The average Bonchev–Trinajstić information content (AvgIpc) is 2.17. The van der Waals surface area contributed by atoms with Crippen molar-refractivity contribution in [2.45, 2.75) is 25.4 Å². The Balaban J connectivity index is 0.00000225. The monoisotopic (exact) mass is 254 g/mol. The molecule has 0 saturated heterocycles. The summed E-state index contributed by atoms with van der Waals surface area (Å²) in [6.07, 6.45) is -2.24. The number of nitrogens with zero attached hydrogens (tertiary/aromatic N) is 1. The number of hydrogen-bond donors (Lipinski definition) is 1. The van der Waals surface area contributed by atoms with E-state index in [2.05, 4.69) is 4.98 Å². The second-order valence-corrected chi connectivity index (χ2v) is 3.26. The van der Waals surface area contributed by atoms with Crippen LogP contribution in [0.15, 0.2) is 18.2 Å². The second kappa shape index (κ2) is 6.70. The topological polar surface area (TPSA) is 38.9 Å². The van der Waals surface area contributed by atoms with E-state index in [-0.39, 0.29) is 12.4 Å². The van der Waals surface area contributed by atoms with Crippen LogP contribution in [0, 0.1) is 0 Å². The minimum atomic E-state index is -4.36. The predicted octanol–water partition coefficient (Wildman–Crippen LogP) is 2.80. The normalized spacial score (nSPS) is 11.0. The number of pyridine rings is 1. The number of alkyl halides is 3. The highest BCUT2D eigenvalue weighted by Crippen LogP contribution is 2.27. The molecule has 0 aliphatic rings. The van der Waals surface area contributed by atoms with Gasteiger partial charge in [-0.05, 0) is 37.9 Å². The Labute approximate surface area is 98.5 Å². The van der Waals surface area contributed by atoms with E-state index >= 15 is 0 Å². The first-order valence-electron chi connectivity index (χ1n) is 4.77. The standard InChI is InChI=1S/C10H13F3N2.ClH/c11-10(12,13)9-6-3-5-8(15-9)4-1-2-7-14;/h3,5-6H,1-2,4,7,14H2;1H. The van der Waals surface area contributed by atoms with E-state index < -0.39 is 11.9 Å². The lowest BCUT2D eigenvalue weighted by Gasteiger charge is -2.07. The third kappa shape index (κ3) is 4.81. The molecule has 1 rings (SSSR count). The number of aromatic nitrogens is 1. The van der Waals surface area contributed by atoms with Gasteiger partial charge in [0.05, 0.1) is 0 Å². The van der Waals surface area contributed by atoms with Gasteiger partial charge in [0, 0.05) is 5.69 Å². The van der Waals surface area contributed by atoms with Gasteiger partial charge in [-0.3, -0.25) is 0 Å². The summed E-state index contributed by atoms with van der Waals surface area (Å²) < 4.78 is 36.8. The molecule has 0 unspecified atom stereocenters. The van der Waals surface area contributed by atoms with Gasteiger partial charge in [0.25, 0.3) is 0 Å². The van der Waals surface area contributed by atoms with Gasteiger partial charge in [-0.25, -0.2) is 4.98 Å². The first kappa shape index (κ1) is 15.2. The van der Waals surface area contributed by atoms with Gasteiger partial charge in [0.1, 0.15) is 5.69 Å². The highest BCUT2D eigenvalue weighted by molar-refractivity contribution is 5.85. The molecule has 92 valence electrons. The van der Waals surface area contributed by atoms with E-state index in [9.17, 15) is 13.2 Å². The number of rotatable bonds is 4. The van der Waals surface area contributed by atoms with Crippen LogP contribution in [0.2, 0.25) is 0 Å². The first-order chi connectivity index (χ1) is 7.04. The third-order valence-corrected chi connectivity index (χ3v) is 1.98. The Morgan fingerprint density at radius 1 is 1.19 bits per heavy atom. The maximum Gasteiger partial charge on any atom is 0.433 e. The summed E-state index contributed by atoms with van der Waals surface area (Å²) in [4.78, 5) is 3.55. The van der Waals surface area contributed by atoms with Crippen molar-refractivity contribution in [1.82, 2.24) is 4.98 Å². The fraction of sp³-hybridized carbons (Fsp3) is 0.500. The van der Waals surface area contributed by atoms with Crippen molar-refractivity contribution < 1.29 is 13.2 Å². The number of unbranched alkanes of at least 4 members (excludes halogenated alkanes) is 1. The van der Waals surface area contributed by atoms with Gasteiger partial charge in [-0.1, -0.05) is 6.07 Å². The molecule has 16 heavy (non-hydrogen) atoms. The largest absolute Gasteiger partial charge is 0.433 e. The van der Waals surface area contributed by atoms with Crippen molar-refractivity contribution >= 4 is 12.4 Å². The van der Waals surface area contributed by atoms with Gasteiger partial charge in [-0.15, -0.1) is 12.4 Å². The molecule has 2 nitrogen and oxygen atoms in total. The Kier molecular flexibility index (Phi) is 6.36. The van der Waals surface area contributed by atoms with E-state index in [0.717, 1.165) is 18.9 Å². The fourth-order valence-electron chi connectivity index (χ4n) is 1.23. The van der Waals surface area contributed by atoms with Crippen LogP contribution in [0.5, 0.6) is 0 Å². The summed E-state index contributed by atoms with van der Waals surface area (Å²) in [6, 6.07) is 3.96. The second-order valence-electron chi connectivity index (χ2n) is 3.26. The molecule has 0 spiro atoms. The van der Waals surface area contributed by atoms with Crippen LogP contribution >= 0.6 is 12.4 Å². The van der Waals surface area contributed by atoms with Crippen molar-refractivity contribution in [3.05, 3.63) is 29.6 Å². The number of nitrogens with two attached hydrogens (primary N) is 1. The highest BCUT2D eigenvalue weighted by Gasteiger charge is 2.32. The highest BCUT2D eigenvalue weighted by atomic mass is 35.5. The molecule has 0 fully saturated rings. The fourth-order valence-corrected chi connectivity index (χ4v) is 1.23. The van der Waals surface area contributed by atoms with Gasteiger partial charge in [0.2, 0.25) is 0 Å². The van der Waals surface area contributed by atoms with Crippen molar-refractivity contribution in [2.24, 2.45) is 5.73 Å². The molecule has 2 N–H and O–H groups in total. The maximum atomic E-state index is 12.3. The number of hydrogen-bond acceptors (Lipinski definition) is 2. The number of aryl methyl sites for hydroxylation is 1. The molecule has 0 bridgehead atoms. The molecule has 0 saturated carbocycles. The molecule has 1 aromatic rings. The predicted molar refractivity (Wildman–Crippen MR) is 58.5 cm³/mol. The molecule has 0 atom stereocenters. The molecule has 1 aromatic heterocycles. The SMILES string of the molecule is Cl.NCCCCc1cccc(C(F)(F)F)n1. The molecule has 0 aliphatic carbocycles. The van der Waals surface area contributed by atoms with Crippen LogP contribution < -0.4 is 5.73 Å². The zero-order chi connectivity index (χ0) is 11.3. The van der Waals surface area contributed by atoms with Crippen molar-refractivity contribution in [2.75, 3.05) is 6.54 Å². The van der Waals surface area contributed by atoms with Crippen LogP contribution in [0.4, 0.5) is 13.2 Å². The summed E-state index contributed by atoms with van der Waals surface area (Å²) in [5, 5.41) is 0. The Morgan fingerprint density at radius 3 is 2.44 bits per heavy atom. The van der Waals surface area contributed by atoms with Crippen molar-refractivity contribution in [3.8, 4) is 0 Å². The molecule has 0 aliphatic heterocycles. The Morgan fingerprint density at radius 2 is 1.88 bits per heavy atom. The minimum Gasteiger partial charge on any atom is -0.330 e. The quantitative estimate of drug-likeness (QED) is 0.839. The summed E-state index contributed by atoms with van der Waals surface area (Å²) in [7, 11) is 0. The average molecular weight is 255 g/mol. The molecular formula is C10H14ClF3N2.